The van der Waals surface area contributed by atoms with E-state index < -0.39 is 23.2 Å². The van der Waals surface area contributed by atoms with E-state index in [0.29, 0.717) is 0 Å². The van der Waals surface area contributed by atoms with Gasteiger partial charge in [0.15, 0.2) is 0 Å². The largest absolute Gasteiger partial charge is 0.417 e. The molecule has 1 aromatic carbocycles. The molecule has 0 unspecified atom stereocenters. The number of nitrogens with one attached hydrogen (secondary N) is 1. The summed E-state index contributed by atoms with van der Waals surface area (Å²) < 4.78 is 37.9. The summed E-state index contributed by atoms with van der Waals surface area (Å²) in [5.41, 5.74) is -1.19. The lowest BCUT2D eigenvalue weighted by Crippen LogP contribution is -2.20. The van der Waals surface area contributed by atoms with Gasteiger partial charge in [0.1, 0.15) is 0 Å². The van der Waals surface area contributed by atoms with Gasteiger partial charge in [-0.05, 0) is 23.8 Å². The summed E-state index contributed by atoms with van der Waals surface area (Å²) in [5, 5.41) is 11.0. The van der Waals surface area contributed by atoms with Gasteiger partial charge in [-0.2, -0.15) is 18.4 Å². The Labute approximate surface area is 102 Å². The van der Waals surface area contributed by atoms with E-state index in [4.69, 9.17) is 5.26 Å². The zero-order chi connectivity index (χ0) is 13.8. The molecule has 1 N–H and O–H groups in total. The lowest BCUT2D eigenvalue weighted by molar-refractivity contribution is -0.137. The summed E-state index contributed by atoms with van der Waals surface area (Å²) in [6.07, 6.45) is -3.57. The van der Waals surface area contributed by atoms with Crippen LogP contribution in [-0.4, -0.2) is 5.91 Å². The molecule has 0 spiro atoms. The molecule has 0 aliphatic rings. The fraction of sp³-hybridized carbons (Fsp3) is 0.167. The maximum Gasteiger partial charge on any atom is 0.417 e. The van der Waals surface area contributed by atoms with E-state index in [0.717, 1.165) is 18.2 Å². The van der Waals surface area contributed by atoms with Crippen LogP contribution in [0.4, 0.5) is 13.2 Å². The average Bonchev–Trinajstić information content (AvgIpc) is 2.34. The zero-order valence-electron chi connectivity index (χ0n) is 9.21. The molecule has 1 rings (SSSR count). The van der Waals surface area contributed by atoms with Crippen molar-refractivity contribution in [3.63, 3.8) is 0 Å². The third kappa shape index (κ3) is 3.35. The van der Waals surface area contributed by atoms with E-state index in [1.807, 2.05) is 0 Å². The predicted octanol–water partition coefficient (Wildman–Crippen LogP) is 2.38. The molecular formula is C12H9F3N2O. The summed E-state index contributed by atoms with van der Waals surface area (Å²) in [7, 11) is 0. The van der Waals surface area contributed by atoms with Crippen molar-refractivity contribution in [2.75, 3.05) is 0 Å². The van der Waals surface area contributed by atoms with Crippen molar-refractivity contribution in [2.45, 2.75) is 12.7 Å². The Kier molecular flexibility index (Phi) is 4.10. The standard InChI is InChI=1S/C12H9F3N2O/c1-2-11(18)17-7-8-3-4-9(6-16)10(5-8)12(13,14)15/h2-5H,1,7H2,(H,17,18). The lowest BCUT2D eigenvalue weighted by atomic mass is 10.0. The smallest absolute Gasteiger partial charge is 0.348 e. The third-order valence-electron chi connectivity index (χ3n) is 2.16. The molecule has 0 saturated heterocycles. The topological polar surface area (TPSA) is 52.9 Å². The molecule has 0 bridgehead atoms. The van der Waals surface area contributed by atoms with E-state index in [1.165, 1.54) is 12.1 Å². The van der Waals surface area contributed by atoms with Gasteiger partial charge in [-0.25, -0.2) is 0 Å². The number of nitrogens with zero attached hydrogens (tertiary/aromatic N) is 1. The number of carbonyl (C=O) groups is 1. The highest BCUT2D eigenvalue weighted by atomic mass is 19.4. The first-order valence-corrected chi connectivity index (χ1v) is 4.89. The number of hydrogen-bond acceptors (Lipinski definition) is 2. The second kappa shape index (κ2) is 5.36. The Bertz CT molecular complexity index is 515. The van der Waals surface area contributed by atoms with E-state index in [2.05, 4.69) is 11.9 Å². The lowest BCUT2D eigenvalue weighted by Gasteiger charge is -2.11. The zero-order valence-corrected chi connectivity index (χ0v) is 9.21. The van der Waals surface area contributed by atoms with Gasteiger partial charge in [-0.3, -0.25) is 4.79 Å². The van der Waals surface area contributed by atoms with Crippen molar-refractivity contribution < 1.29 is 18.0 Å². The van der Waals surface area contributed by atoms with Crippen LogP contribution in [0.5, 0.6) is 0 Å². The van der Waals surface area contributed by atoms with Crippen LogP contribution in [-0.2, 0) is 17.5 Å². The highest BCUT2D eigenvalue weighted by molar-refractivity contribution is 5.86. The molecule has 0 radical (unpaired) electrons. The Hall–Kier alpha value is -2.29. The van der Waals surface area contributed by atoms with Gasteiger partial charge < -0.3 is 5.32 Å². The molecule has 1 amide bonds. The Balaban J connectivity index is 3.01. The Morgan fingerprint density at radius 1 is 1.50 bits per heavy atom. The first kappa shape index (κ1) is 13.8. The van der Waals surface area contributed by atoms with E-state index in [1.54, 1.807) is 0 Å². The predicted molar refractivity (Wildman–Crippen MR) is 58.2 cm³/mol. The van der Waals surface area contributed by atoms with E-state index in [9.17, 15) is 18.0 Å². The second-order valence-electron chi connectivity index (χ2n) is 3.41. The molecule has 0 saturated carbocycles. The fourth-order valence-electron chi connectivity index (χ4n) is 1.29. The van der Waals surface area contributed by atoms with Crippen molar-refractivity contribution in [3.8, 4) is 6.07 Å². The van der Waals surface area contributed by atoms with Crippen LogP contribution >= 0.6 is 0 Å². The fourth-order valence-corrected chi connectivity index (χ4v) is 1.29. The van der Waals surface area contributed by atoms with Crippen molar-refractivity contribution in [2.24, 2.45) is 0 Å². The summed E-state index contributed by atoms with van der Waals surface area (Å²) in [6.45, 7) is 3.17. The molecule has 3 nitrogen and oxygen atoms in total. The first-order valence-electron chi connectivity index (χ1n) is 4.89. The van der Waals surface area contributed by atoms with Crippen molar-refractivity contribution in [3.05, 3.63) is 47.5 Å². The van der Waals surface area contributed by atoms with Gasteiger partial charge in [0.25, 0.3) is 0 Å². The minimum atomic E-state index is -4.59. The molecule has 1 aromatic rings. The maximum atomic E-state index is 12.6. The summed E-state index contributed by atoms with van der Waals surface area (Å²) in [5.74, 6) is -0.479. The Morgan fingerprint density at radius 3 is 2.67 bits per heavy atom. The highest BCUT2D eigenvalue weighted by Crippen LogP contribution is 2.32. The molecule has 0 fully saturated rings. The highest BCUT2D eigenvalue weighted by Gasteiger charge is 2.33. The molecular weight excluding hydrogens is 245 g/mol. The number of hydrogen-bond donors (Lipinski definition) is 1. The number of alkyl halides is 3. The number of amides is 1. The van der Waals surface area contributed by atoms with Gasteiger partial charge in [0, 0.05) is 6.54 Å². The summed E-state index contributed by atoms with van der Waals surface area (Å²) >= 11 is 0. The minimum Gasteiger partial charge on any atom is -0.348 e. The first-order chi connectivity index (χ1) is 8.38. The molecule has 94 valence electrons. The molecule has 18 heavy (non-hydrogen) atoms. The SMILES string of the molecule is C=CC(=O)NCc1ccc(C#N)c(C(F)(F)F)c1. The average molecular weight is 254 g/mol. The molecule has 0 aliphatic carbocycles. The quantitative estimate of drug-likeness (QED) is 0.842. The van der Waals surface area contributed by atoms with Gasteiger partial charge >= 0.3 is 6.18 Å². The van der Waals surface area contributed by atoms with Crippen molar-refractivity contribution in [1.29, 1.82) is 5.26 Å². The van der Waals surface area contributed by atoms with E-state index >= 15 is 0 Å². The summed E-state index contributed by atoms with van der Waals surface area (Å²) in [6, 6.07) is 4.77. The van der Waals surface area contributed by atoms with Crippen LogP contribution in [0.25, 0.3) is 0 Å². The Morgan fingerprint density at radius 2 is 2.17 bits per heavy atom. The summed E-state index contributed by atoms with van der Waals surface area (Å²) in [4.78, 5) is 10.9. The van der Waals surface area contributed by atoms with Crippen LogP contribution in [0.15, 0.2) is 30.9 Å². The number of halogens is 3. The number of nitriles is 1. The van der Waals surface area contributed by atoms with Gasteiger partial charge in [-0.15, -0.1) is 0 Å². The number of rotatable bonds is 3. The van der Waals surface area contributed by atoms with Crippen LogP contribution in [0.1, 0.15) is 16.7 Å². The normalized spacial score (nSPS) is 10.6. The maximum absolute atomic E-state index is 12.6. The molecule has 0 atom stereocenters. The van der Waals surface area contributed by atoms with Crippen LogP contribution in [0, 0.1) is 11.3 Å². The molecule has 0 heterocycles. The van der Waals surface area contributed by atoms with Gasteiger partial charge in [0.05, 0.1) is 17.2 Å². The molecule has 6 heteroatoms. The molecule has 0 aromatic heterocycles. The molecule has 0 aliphatic heterocycles. The number of carbonyl (C=O) groups excluding carboxylic acids is 1. The number of benzene rings is 1. The monoisotopic (exact) mass is 254 g/mol. The van der Waals surface area contributed by atoms with E-state index in [-0.39, 0.29) is 12.1 Å². The van der Waals surface area contributed by atoms with Crippen molar-refractivity contribution in [1.82, 2.24) is 5.32 Å². The second-order valence-corrected chi connectivity index (χ2v) is 3.41. The van der Waals surface area contributed by atoms with Crippen LogP contribution in [0.2, 0.25) is 0 Å². The minimum absolute atomic E-state index is 0.0559. The van der Waals surface area contributed by atoms with Crippen LogP contribution < -0.4 is 5.32 Å². The van der Waals surface area contributed by atoms with Gasteiger partial charge in [-0.1, -0.05) is 12.6 Å². The van der Waals surface area contributed by atoms with Crippen LogP contribution in [0.3, 0.4) is 0 Å². The van der Waals surface area contributed by atoms with Gasteiger partial charge in [0.2, 0.25) is 5.91 Å². The third-order valence-corrected chi connectivity index (χ3v) is 2.16. The van der Waals surface area contributed by atoms with Crippen molar-refractivity contribution >= 4 is 5.91 Å².